The Morgan fingerprint density at radius 2 is 1.11 bits per heavy atom. The maximum atomic E-state index is 9.97. The molecule has 9 aromatic rings. The lowest BCUT2D eigenvalue weighted by Gasteiger charge is -2.43. The normalized spacial score (nSPS) is 16.9. The summed E-state index contributed by atoms with van der Waals surface area (Å²) in [4.78, 5) is 3.90. The van der Waals surface area contributed by atoms with Crippen LogP contribution in [0, 0.1) is 0 Å². The fourth-order valence-corrected chi connectivity index (χ4v) is 10.1. The molecule has 5 heteroatoms. The van der Waals surface area contributed by atoms with Crippen molar-refractivity contribution in [3.05, 3.63) is 150 Å². The highest BCUT2D eigenvalue weighted by atomic mass is 32.1. The van der Waals surface area contributed by atoms with Crippen LogP contribution in [0.1, 0.15) is 69.1 Å². The second kappa shape index (κ2) is 11.4. The van der Waals surface area contributed by atoms with Crippen molar-refractivity contribution in [3.63, 3.8) is 0 Å². The largest absolute Gasteiger partial charge is 0.468 e. The van der Waals surface area contributed by atoms with E-state index in [0.29, 0.717) is 50.6 Å². The van der Waals surface area contributed by atoms with E-state index in [2.05, 4.69) is 0 Å². The monoisotopic (exact) mass is 740 g/mol. The number of nitrogens with zero attached hydrogens (tertiary/aromatic N) is 2. The predicted octanol–water partition coefficient (Wildman–Crippen LogP) is 12.6. The van der Waals surface area contributed by atoms with Gasteiger partial charge in [-0.05, 0) is 102 Å². The van der Waals surface area contributed by atoms with Gasteiger partial charge in [0.15, 0.2) is 0 Å². The van der Waals surface area contributed by atoms with Gasteiger partial charge in [0.25, 0.3) is 6.71 Å². The maximum Gasteiger partial charge on any atom is 0.298 e. The molecule has 0 radical (unpaired) electrons. The molecule has 0 amide bonds. The summed E-state index contributed by atoms with van der Waals surface area (Å²) in [6.45, 7) is 11.0. The summed E-state index contributed by atoms with van der Waals surface area (Å²) in [7, 11) is 0. The predicted molar refractivity (Wildman–Crippen MR) is 238 cm³/mol. The first-order chi connectivity index (χ1) is 31.6. The molecule has 55 heavy (non-hydrogen) atoms. The van der Waals surface area contributed by atoms with Gasteiger partial charge in [-0.25, -0.2) is 0 Å². The van der Waals surface area contributed by atoms with Crippen molar-refractivity contribution >= 4 is 111 Å². The Morgan fingerprint density at radius 1 is 0.545 bits per heavy atom. The van der Waals surface area contributed by atoms with Crippen molar-refractivity contribution in [2.45, 2.75) is 52.4 Å². The van der Waals surface area contributed by atoms with E-state index in [-0.39, 0.29) is 75.6 Å². The summed E-state index contributed by atoms with van der Waals surface area (Å²) in [6.07, 6.45) is 0. The van der Waals surface area contributed by atoms with Crippen molar-refractivity contribution in [2.24, 2.45) is 0 Å². The van der Waals surface area contributed by atoms with E-state index in [0.717, 1.165) is 25.9 Å². The minimum Gasteiger partial charge on any atom is -0.468 e. The molecule has 0 saturated carbocycles. The molecule has 0 atom stereocenters. The molecule has 2 aliphatic heterocycles. The Morgan fingerprint density at radius 3 is 1.76 bits per heavy atom. The van der Waals surface area contributed by atoms with Crippen LogP contribution in [0.5, 0.6) is 0 Å². The number of fused-ring (bicyclic) bond motifs is 10. The number of thiophene rings is 1. The SMILES string of the molecule is [2H]c1c([2H])c([2H])c2c(C(C)(C)C)c(N3c4cccc5c4B(c4oc6ccccc6c4N5c4c([2H])c([2H])c5c([2H])c([2H])c([2H])c([2H])c5c4C(C)(C)C)c4c3sc3ccccc43)c([2H])c([2H])c2c1[2H]. The van der Waals surface area contributed by atoms with E-state index in [1.54, 1.807) is 0 Å². The minimum atomic E-state index is -0.860. The summed E-state index contributed by atoms with van der Waals surface area (Å²) in [5, 5.41) is 2.64. The molecule has 0 unspecified atom stereocenters. The average molecular weight is 741 g/mol. The lowest BCUT2D eigenvalue weighted by Crippen LogP contribution is -2.60. The van der Waals surface area contributed by atoms with E-state index in [1.807, 2.05) is 118 Å². The molecular weight excluding hydrogens is 687 g/mol. The van der Waals surface area contributed by atoms with E-state index >= 15 is 0 Å². The van der Waals surface area contributed by atoms with Crippen LogP contribution in [-0.2, 0) is 10.8 Å². The summed E-state index contributed by atoms with van der Waals surface area (Å²) < 4.78 is 118. The Hall–Kier alpha value is -5.78. The maximum absolute atomic E-state index is 9.97. The highest BCUT2D eigenvalue weighted by Crippen LogP contribution is 2.53. The molecule has 0 N–H and O–H groups in total. The van der Waals surface area contributed by atoms with Gasteiger partial charge in [0.05, 0.1) is 44.2 Å². The third kappa shape index (κ3) is 4.57. The molecule has 2 aliphatic rings. The van der Waals surface area contributed by atoms with E-state index in [9.17, 15) is 8.22 Å². The molecule has 0 saturated heterocycles. The third-order valence-electron chi connectivity index (χ3n) is 10.9. The zero-order chi connectivity index (χ0) is 47.8. The Kier molecular flexibility index (Phi) is 4.67. The van der Waals surface area contributed by atoms with Crippen molar-refractivity contribution in [2.75, 3.05) is 9.80 Å². The standard InChI is InChI=1S/C50H41BN2OS/c1-49(2,3)42-32-18-9-7-16-30(32)26-28-36(42)52-38-22-15-23-39-45(38)51(47-46(52)34-20-11-13-24-40(34)54-47)44-35-21-12-14-25-41(35)55-48(44)53(39)37-29-27-31-17-8-10-19-33(31)43(37)50(4,5)6/h7-29H,1-6H3/i7D,8D,9D,10D,16D,17D,18D,19D,26D,27D,28D,29D. The van der Waals surface area contributed by atoms with Gasteiger partial charge in [-0.2, -0.15) is 0 Å². The Labute approximate surface area is 343 Å². The Balaban J connectivity index is 1.36. The average Bonchev–Trinajstić information content (AvgIpc) is 3.86. The summed E-state index contributed by atoms with van der Waals surface area (Å²) in [6, 6.07) is 17.0. The molecule has 0 aliphatic carbocycles. The van der Waals surface area contributed by atoms with E-state index in [1.165, 1.54) is 11.3 Å². The van der Waals surface area contributed by atoms with Crippen LogP contribution in [0.2, 0.25) is 0 Å². The van der Waals surface area contributed by atoms with Gasteiger partial charge >= 0.3 is 0 Å². The second-order valence-electron chi connectivity index (χ2n) is 16.4. The zero-order valence-electron chi connectivity index (χ0n) is 43.1. The summed E-state index contributed by atoms with van der Waals surface area (Å²) >= 11 is 1.51. The molecule has 2 aromatic heterocycles. The highest BCUT2D eigenvalue weighted by molar-refractivity contribution is 7.26. The number of hydrogen-bond acceptors (Lipinski definition) is 4. The van der Waals surface area contributed by atoms with Crippen LogP contribution in [-0.4, -0.2) is 6.71 Å². The molecule has 0 spiro atoms. The quantitative estimate of drug-likeness (QED) is 0.165. The lowest BCUT2D eigenvalue weighted by molar-refractivity contribution is 0.596. The van der Waals surface area contributed by atoms with Crippen molar-refractivity contribution in [3.8, 4) is 0 Å². The summed E-state index contributed by atoms with van der Waals surface area (Å²) in [5.74, 6) is 0. The number of benzene rings is 7. The second-order valence-corrected chi connectivity index (χ2v) is 17.4. The molecular formula is C50H41BN2OS. The minimum absolute atomic E-state index is 0.0255. The van der Waals surface area contributed by atoms with Crippen LogP contribution in [0.25, 0.3) is 42.6 Å². The molecule has 11 rings (SSSR count). The van der Waals surface area contributed by atoms with Gasteiger partial charge in [0.1, 0.15) is 5.58 Å². The van der Waals surface area contributed by atoms with Gasteiger partial charge in [-0.3, -0.25) is 0 Å². The number of hydrogen-bond donors (Lipinski definition) is 0. The molecule has 266 valence electrons. The zero-order valence-corrected chi connectivity index (χ0v) is 32.0. The van der Waals surface area contributed by atoms with Gasteiger partial charge in [-0.15, -0.1) is 11.3 Å². The van der Waals surface area contributed by atoms with Crippen LogP contribution >= 0.6 is 11.3 Å². The smallest absolute Gasteiger partial charge is 0.298 e. The van der Waals surface area contributed by atoms with Crippen molar-refractivity contribution in [1.82, 2.24) is 0 Å². The molecule has 7 aromatic carbocycles. The van der Waals surface area contributed by atoms with Crippen LogP contribution < -0.4 is 26.4 Å². The molecule has 0 fully saturated rings. The van der Waals surface area contributed by atoms with Crippen molar-refractivity contribution in [1.29, 1.82) is 0 Å². The van der Waals surface area contributed by atoms with Gasteiger partial charge in [-0.1, -0.05) is 138 Å². The highest BCUT2D eigenvalue weighted by Gasteiger charge is 2.49. The number of furan rings is 1. The summed E-state index contributed by atoms with van der Waals surface area (Å²) in [5.41, 5.74) is 4.28. The lowest BCUT2D eigenvalue weighted by atomic mass is 9.35. The fraction of sp³-hybridized carbons (Fsp3) is 0.160. The number of para-hydroxylation sites is 1. The van der Waals surface area contributed by atoms with Gasteiger partial charge in [0, 0.05) is 21.5 Å². The third-order valence-corrected chi connectivity index (χ3v) is 12.1. The molecule has 3 nitrogen and oxygen atoms in total. The molecule has 0 bridgehead atoms. The first-order valence-electron chi connectivity index (χ1n) is 24.4. The van der Waals surface area contributed by atoms with Crippen LogP contribution in [0.3, 0.4) is 0 Å². The van der Waals surface area contributed by atoms with Crippen LogP contribution in [0.15, 0.2) is 144 Å². The van der Waals surface area contributed by atoms with Crippen molar-refractivity contribution < 1.29 is 20.9 Å². The molecule has 4 heterocycles. The Bertz CT molecular complexity index is 3740. The topological polar surface area (TPSA) is 19.6 Å². The van der Waals surface area contributed by atoms with E-state index < -0.39 is 41.7 Å². The first kappa shape index (κ1) is 22.6. The van der Waals surface area contributed by atoms with Gasteiger partial charge < -0.3 is 14.2 Å². The van der Waals surface area contributed by atoms with Gasteiger partial charge in [0.2, 0.25) is 0 Å². The first-order valence-corrected chi connectivity index (χ1v) is 19.2. The fourth-order valence-electron chi connectivity index (χ4n) is 8.88. The number of anilines is 6. The number of rotatable bonds is 2. The van der Waals surface area contributed by atoms with E-state index in [4.69, 9.17) is 12.6 Å². The van der Waals surface area contributed by atoms with Crippen LogP contribution in [0.4, 0.5) is 33.4 Å².